The van der Waals surface area contributed by atoms with Gasteiger partial charge in [0.05, 0.1) is 17.7 Å². The van der Waals surface area contributed by atoms with Crippen molar-refractivity contribution >= 4 is 23.0 Å². The third kappa shape index (κ3) is 2.73. The molecule has 1 aliphatic rings. The van der Waals surface area contributed by atoms with Crippen molar-refractivity contribution in [3.05, 3.63) is 23.4 Å². The summed E-state index contributed by atoms with van der Waals surface area (Å²) >= 11 is 5.03. The van der Waals surface area contributed by atoms with Gasteiger partial charge in [-0.25, -0.2) is 4.98 Å². The minimum Gasteiger partial charge on any atom is -0.389 e. The Balaban J connectivity index is 2.24. The van der Waals surface area contributed by atoms with Gasteiger partial charge in [-0.15, -0.1) is 0 Å². The van der Waals surface area contributed by atoms with Gasteiger partial charge in [-0.2, -0.15) is 0 Å². The summed E-state index contributed by atoms with van der Waals surface area (Å²) in [6.07, 6.45) is 1.17. The van der Waals surface area contributed by atoms with Crippen LogP contribution in [0, 0.1) is 6.92 Å². The van der Waals surface area contributed by atoms with E-state index >= 15 is 0 Å². The lowest BCUT2D eigenvalue weighted by Crippen LogP contribution is -2.28. The van der Waals surface area contributed by atoms with Gasteiger partial charge in [0, 0.05) is 12.3 Å². The van der Waals surface area contributed by atoms with Crippen LogP contribution in [-0.4, -0.2) is 28.7 Å². The Labute approximate surface area is 107 Å². The first-order valence-electron chi connectivity index (χ1n) is 5.73. The molecule has 2 heterocycles. The van der Waals surface area contributed by atoms with Crippen LogP contribution >= 0.6 is 12.2 Å². The lowest BCUT2D eigenvalue weighted by molar-refractivity contribution is 0.121. The van der Waals surface area contributed by atoms with E-state index in [1.807, 2.05) is 19.1 Å². The van der Waals surface area contributed by atoms with Gasteiger partial charge in [0.1, 0.15) is 10.8 Å². The molecule has 3 N–H and O–H groups in total. The molecule has 92 valence electrons. The van der Waals surface area contributed by atoms with E-state index in [2.05, 4.69) is 17.2 Å². The van der Waals surface area contributed by atoms with Crippen molar-refractivity contribution < 1.29 is 4.74 Å². The topological polar surface area (TPSA) is 60.2 Å². The molecule has 1 saturated heterocycles. The number of ether oxygens (including phenoxy) is 1. The normalized spacial score (nSPS) is 23.6. The zero-order chi connectivity index (χ0) is 12.4. The average Bonchev–Trinajstić information content (AvgIpc) is 2.64. The third-order valence-corrected chi connectivity index (χ3v) is 3.22. The molecule has 0 amide bonds. The molecule has 1 aliphatic heterocycles. The Morgan fingerprint density at radius 1 is 1.59 bits per heavy atom. The van der Waals surface area contributed by atoms with E-state index in [0.717, 1.165) is 30.1 Å². The van der Waals surface area contributed by atoms with Crippen LogP contribution in [0.25, 0.3) is 0 Å². The maximum Gasteiger partial charge on any atom is 0.136 e. The maximum atomic E-state index is 5.69. The van der Waals surface area contributed by atoms with Crippen molar-refractivity contribution in [2.45, 2.75) is 32.4 Å². The van der Waals surface area contributed by atoms with Crippen LogP contribution in [0.2, 0.25) is 0 Å². The number of pyridine rings is 1. The van der Waals surface area contributed by atoms with Crippen LogP contribution in [0.4, 0.5) is 5.82 Å². The Morgan fingerprint density at radius 3 is 2.94 bits per heavy atom. The first-order valence-corrected chi connectivity index (χ1v) is 6.14. The third-order valence-electron chi connectivity index (χ3n) is 3.00. The van der Waals surface area contributed by atoms with E-state index in [0.29, 0.717) is 4.99 Å². The lowest BCUT2D eigenvalue weighted by Gasteiger charge is -2.19. The Morgan fingerprint density at radius 2 is 2.35 bits per heavy atom. The van der Waals surface area contributed by atoms with Crippen LogP contribution in [0.1, 0.15) is 24.6 Å². The van der Waals surface area contributed by atoms with E-state index in [4.69, 9.17) is 22.7 Å². The van der Waals surface area contributed by atoms with Crippen molar-refractivity contribution in [2.24, 2.45) is 5.73 Å². The highest BCUT2D eigenvalue weighted by Crippen LogP contribution is 2.20. The zero-order valence-corrected chi connectivity index (χ0v) is 10.9. The molecule has 0 radical (unpaired) electrons. The standard InChI is InChI=1S/C12H17N3OS/c1-7-3-4-9(11(13)17)12(14-7)15-10-5-6-16-8(10)2/h3-4,8,10H,5-6H2,1-2H3,(H2,13,17)(H,14,15). The number of nitrogens with one attached hydrogen (secondary N) is 1. The summed E-state index contributed by atoms with van der Waals surface area (Å²) in [5.41, 5.74) is 7.43. The number of thiocarbonyl (C=S) groups is 1. The maximum absolute atomic E-state index is 5.69. The summed E-state index contributed by atoms with van der Waals surface area (Å²) in [5, 5.41) is 3.38. The molecule has 1 aromatic rings. The highest BCUT2D eigenvalue weighted by Gasteiger charge is 2.25. The van der Waals surface area contributed by atoms with Gasteiger partial charge in [0.15, 0.2) is 0 Å². The van der Waals surface area contributed by atoms with Crippen molar-refractivity contribution in [1.29, 1.82) is 0 Å². The molecular formula is C12H17N3OS. The fourth-order valence-corrected chi connectivity index (χ4v) is 2.13. The fraction of sp³-hybridized carbons (Fsp3) is 0.500. The van der Waals surface area contributed by atoms with Gasteiger partial charge in [-0.3, -0.25) is 0 Å². The predicted octanol–water partition coefficient (Wildman–Crippen LogP) is 1.61. The molecule has 1 aromatic heterocycles. The Kier molecular flexibility index (Phi) is 3.59. The fourth-order valence-electron chi connectivity index (χ4n) is 1.96. The molecule has 1 fully saturated rings. The minimum absolute atomic E-state index is 0.191. The number of nitrogens with zero attached hydrogens (tertiary/aromatic N) is 1. The summed E-state index contributed by atoms with van der Waals surface area (Å²) in [6, 6.07) is 4.10. The second-order valence-electron chi connectivity index (χ2n) is 4.33. The van der Waals surface area contributed by atoms with Crippen LogP contribution < -0.4 is 11.1 Å². The van der Waals surface area contributed by atoms with Gasteiger partial charge in [-0.05, 0) is 32.4 Å². The molecule has 0 spiro atoms. The van der Waals surface area contributed by atoms with Crippen molar-refractivity contribution in [3.63, 3.8) is 0 Å². The van der Waals surface area contributed by atoms with Crippen molar-refractivity contribution in [1.82, 2.24) is 4.98 Å². The molecule has 17 heavy (non-hydrogen) atoms. The highest BCUT2D eigenvalue weighted by atomic mass is 32.1. The molecule has 0 aromatic carbocycles. The lowest BCUT2D eigenvalue weighted by atomic mass is 10.1. The molecule has 0 saturated carbocycles. The van der Waals surface area contributed by atoms with Gasteiger partial charge in [0.25, 0.3) is 0 Å². The van der Waals surface area contributed by atoms with Crippen LogP contribution in [0.5, 0.6) is 0 Å². The molecule has 4 nitrogen and oxygen atoms in total. The molecule has 2 atom stereocenters. The number of hydrogen-bond donors (Lipinski definition) is 2. The monoisotopic (exact) mass is 251 g/mol. The van der Waals surface area contributed by atoms with Gasteiger partial charge in [0.2, 0.25) is 0 Å². The van der Waals surface area contributed by atoms with E-state index in [9.17, 15) is 0 Å². The van der Waals surface area contributed by atoms with E-state index in [1.165, 1.54) is 0 Å². The minimum atomic E-state index is 0.191. The second kappa shape index (κ2) is 4.98. The smallest absolute Gasteiger partial charge is 0.136 e. The zero-order valence-electron chi connectivity index (χ0n) is 10.1. The van der Waals surface area contributed by atoms with Crippen LogP contribution in [0.15, 0.2) is 12.1 Å². The summed E-state index contributed by atoms with van der Waals surface area (Å²) in [4.78, 5) is 4.83. The first kappa shape index (κ1) is 12.3. The Hall–Kier alpha value is -1.20. The van der Waals surface area contributed by atoms with Gasteiger partial charge in [-0.1, -0.05) is 12.2 Å². The summed E-state index contributed by atoms with van der Waals surface area (Å²) in [6.45, 7) is 4.79. The molecule has 2 rings (SSSR count). The predicted molar refractivity (Wildman–Crippen MR) is 72.3 cm³/mol. The van der Waals surface area contributed by atoms with Crippen LogP contribution in [-0.2, 0) is 4.74 Å². The number of aromatic nitrogens is 1. The van der Waals surface area contributed by atoms with Crippen molar-refractivity contribution in [3.8, 4) is 0 Å². The molecule has 5 heteroatoms. The molecule has 0 bridgehead atoms. The number of aryl methyl sites for hydroxylation is 1. The number of anilines is 1. The van der Waals surface area contributed by atoms with E-state index < -0.39 is 0 Å². The molecular weight excluding hydrogens is 234 g/mol. The summed E-state index contributed by atoms with van der Waals surface area (Å²) < 4.78 is 5.51. The van der Waals surface area contributed by atoms with Crippen LogP contribution in [0.3, 0.4) is 0 Å². The summed E-state index contributed by atoms with van der Waals surface area (Å²) in [5.74, 6) is 0.764. The van der Waals surface area contributed by atoms with E-state index in [1.54, 1.807) is 0 Å². The van der Waals surface area contributed by atoms with Gasteiger partial charge >= 0.3 is 0 Å². The average molecular weight is 251 g/mol. The largest absolute Gasteiger partial charge is 0.389 e. The molecule has 0 aliphatic carbocycles. The molecule has 2 unspecified atom stereocenters. The van der Waals surface area contributed by atoms with E-state index in [-0.39, 0.29) is 12.1 Å². The SMILES string of the molecule is Cc1ccc(C(N)=S)c(NC2CCOC2C)n1. The van der Waals surface area contributed by atoms with Crippen molar-refractivity contribution in [2.75, 3.05) is 11.9 Å². The second-order valence-corrected chi connectivity index (χ2v) is 4.77. The summed E-state index contributed by atoms with van der Waals surface area (Å²) in [7, 11) is 0. The Bertz CT molecular complexity index is 436. The first-order chi connectivity index (χ1) is 8.08. The number of hydrogen-bond acceptors (Lipinski definition) is 4. The van der Waals surface area contributed by atoms with Gasteiger partial charge < -0.3 is 15.8 Å². The quantitative estimate of drug-likeness (QED) is 0.799. The number of nitrogens with two attached hydrogens (primary N) is 1. The number of rotatable bonds is 3. The highest BCUT2D eigenvalue weighted by molar-refractivity contribution is 7.80.